The molecule has 0 saturated heterocycles. The molecule has 0 aliphatic carbocycles. The number of rotatable bonds is 6. The largest absolute Gasteiger partial charge is 0.494 e. The average molecular weight is 257 g/mol. The van der Waals surface area contributed by atoms with Crippen LogP contribution in [0.4, 0.5) is 0 Å². The number of benzene rings is 2. The van der Waals surface area contributed by atoms with Gasteiger partial charge in [0.2, 0.25) is 0 Å². The van der Waals surface area contributed by atoms with E-state index < -0.39 is 0 Å². The first-order valence-electron chi connectivity index (χ1n) is 6.07. The molecule has 0 bridgehead atoms. The molecule has 1 unspecified atom stereocenters. The zero-order valence-corrected chi connectivity index (χ0v) is 11.1. The van der Waals surface area contributed by atoms with E-state index in [1.807, 2.05) is 36.4 Å². The van der Waals surface area contributed by atoms with Gasteiger partial charge in [0.05, 0.1) is 6.61 Å². The summed E-state index contributed by atoms with van der Waals surface area (Å²) in [6.07, 6.45) is 0.939. The Labute approximate surface area is 113 Å². The normalized spacial score (nSPS) is 12.1. The van der Waals surface area contributed by atoms with E-state index >= 15 is 0 Å². The first-order valence-corrected chi connectivity index (χ1v) is 6.95. The highest BCUT2D eigenvalue weighted by molar-refractivity contribution is 8.00. The molecule has 1 nitrogen and oxygen atoms in total. The summed E-state index contributed by atoms with van der Waals surface area (Å²) in [5, 5.41) is 0.316. The number of hydrogen-bond acceptors (Lipinski definition) is 2. The standard InChI is InChI=1S/C16H17OS/c1-14(18-16-10-6-3-7-11-16)12-13-17-15-8-4-2-5-9-15/h2-11,14H,1,12-13H2. The molecule has 1 atom stereocenters. The number of hydrogen-bond donors (Lipinski definition) is 0. The van der Waals surface area contributed by atoms with Crippen LogP contribution in [0, 0.1) is 6.92 Å². The van der Waals surface area contributed by atoms with Crippen LogP contribution in [-0.4, -0.2) is 11.9 Å². The van der Waals surface area contributed by atoms with Gasteiger partial charge in [-0.15, -0.1) is 11.8 Å². The molecule has 18 heavy (non-hydrogen) atoms. The van der Waals surface area contributed by atoms with E-state index in [1.54, 1.807) is 11.8 Å². The molecule has 2 rings (SSSR count). The minimum Gasteiger partial charge on any atom is -0.494 e. The molecule has 0 spiro atoms. The third-order valence-corrected chi connectivity index (χ3v) is 3.61. The molecular weight excluding hydrogens is 240 g/mol. The maximum Gasteiger partial charge on any atom is 0.119 e. The number of para-hydroxylation sites is 1. The maximum atomic E-state index is 5.66. The topological polar surface area (TPSA) is 9.23 Å². The SMILES string of the molecule is [CH2]C(CCOc1ccccc1)Sc1ccccc1. The van der Waals surface area contributed by atoms with Crippen LogP contribution in [0.3, 0.4) is 0 Å². The van der Waals surface area contributed by atoms with Gasteiger partial charge in [-0.25, -0.2) is 0 Å². The quantitative estimate of drug-likeness (QED) is 0.707. The average Bonchev–Trinajstić information content (AvgIpc) is 2.41. The summed E-state index contributed by atoms with van der Waals surface area (Å²) in [5.74, 6) is 0.925. The predicted molar refractivity (Wildman–Crippen MR) is 78.0 cm³/mol. The van der Waals surface area contributed by atoms with Gasteiger partial charge in [-0.2, -0.15) is 0 Å². The van der Waals surface area contributed by atoms with Gasteiger partial charge in [-0.05, 0) is 37.6 Å². The molecular formula is C16H17OS. The lowest BCUT2D eigenvalue weighted by Crippen LogP contribution is -2.05. The Morgan fingerprint density at radius 2 is 1.56 bits per heavy atom. The van der Waals surface area contributed by atoms with E-state index in [4.69, 9.17) is 4.74 Å². The molecule has 0 amide bonds. The predicted octanol–water partition coefficient (Wildman–Crippen LogP) is 4.45. The fraction of sp³-hybridized carbons (Fsp3) is 0.188. The molecule has 2 heteroatoms. The van der Waals surface area contributed by atoms with Gasteiger partial charge in [-0.3, -0.25) is 0 Å². The summed E-state index contributed by atoms with van der Waals surface area (Å²) < 4.78 is 5.66. The second-order valence-corrected chi connectivity index (χ2v) is 5.38. The summed E-state index contributed by atoms with van der Waals surface area (Å²) in [5.41, 5.74) is 0. The Morgan fingerprint density at radius 1 is 0.944 bits per heavy atom. The zero-order chi connectivity index (χ0) is 12.6. The van der Waals surface area contributed by atoms with Crippen molar-refractivity contribution in [3.8, 4) is 5.75 Å². The third-order valence-electron chi connectivity index (χ3n) is 2.50. The lowest BCUT2D eigenvalue weighted by molar-refractivity contribution is 0.313. The molecule has 0 fully saturated rings. The van der Waals surface area contributed by atoms with E-state index in [0.717, 1.165) is 12.2 Å². The van der Waals surface area contributed by atoms with Gasteiger partial charge in [0.1, 0.15) is 5.75 Å². The fourth-order valence-corrected chi connectivity index (χ4v) is 2.49. The van der Waals surface area contributed by atoms with Crippen molar-refractivity contribution in [1.82, 2.24) is 0 Å². The summed E-state index contributed by atoms with van der Waals surface area (Å²) in [6.45, 7) is 4.85. The molecule has 0 aromatic heterocycles. The second kappa shape index (κ2) is 7.12. The van der Waals surface area contributed by atoms with Crippen molar-refractivity contribution in [1.29, 1.82) is 0 Å². The minimum atomic E-state index is 0.316. The zero-order valence-electron chi connectivity index (χ0n) is 10.3. The molecule has 1 radical (unpaired) electrons. The Morgan fingerprint density at radius 3 is 2.22 bits per heavy atom. The fourth-order valence-electron chi connectivity index (χ4n) is 1.58. The van der Waals surface area contributed by atoms with Gasteiger partial charge in [0.15, 0.2) is 0 Å². The molecule has 2 aromatic rings. The van der Waals surface area contributed by atoms with Crippen LogP contribution in [0.5, 0.6) is 5.75 Å². The molecule has 2 aromatic carbocycles. The molecule has 0 heterocycles. The van der Waals surface area contributed by atoms with Crippen molar-refractivity contribution in [2.45, 2.75) is 16.6 Å². The third kappa shape index (κ3) is 4.46. The molecule has 0 N–H and O–H groups in total. The monoisotopic (exact) mass is 257 g/mol. The van der Waals surface area contributed by atoms with E-state index in [-0.39, 0.29) is 0 Å². The van der Waals surface area contributed by atoms with Gasteiger partial charge >= 0.3 is 0 Å². The second-order valence-electron chi connectivity index (χ2n) is 4.00. The van der Waals surface area contributed by atoms with Gasteiger partial charge in [-0.1, -0.05) is 36.4 Å². The molecule has 0 aliphatic heterocycles. The lowest BCUT2D eigenvalue weighted by Gasteiger charge is -2.12. The minimum absolute atomic E-state index is 0.316. The Bertz CT molecular complexity index is 441. The van der Waals surface area contributed by atoms with Crippen LogP contribution in [0.2, 0.25) is 0 Å². The van der Waals surface area contributed by atoms with Gasteiger partial charge in [0.25, 0.3) is 0 Å². The van der Waals surface area contributed by atoms with Crippen LogP contribution in [0.25, 0.3) is 0 Å². The summed E-state index contributed by atoms with van der Waals surface area (Å²) in [6, 6.07) is 20.3. The van der Waals surface area contributed by atoms with Crippen molar-refractivity contribution in [3.05, 3.63) is 67.6 Å². The van der Waals surface area contributed by atoms with Crippen molar-refractivity contribution in [2.24, 2.45) is 0 Å². The van der Waals surface area contributed by atoms with Crippen molar-refractivity contribution in [3.63, 3.8) is 0 Å². The van der Waals surface area contributed by atoms with Crippen molar-refractivity contribution < 1.29 is 4.74 Å². The number of ether oxygens (including phenoxy) is 1. The first kappa shape index (κ1) is 13.0. The van der Waals surface area contributed by atoms with Crippen molar-refractivity contribution in [2.75, 3.05) is 6.61 Å². The van der Waals surface area contributed by atoms with E-state index in [0.29, 0.717) is 11.9 Å². The molecule has 0 saturated carbocycles. The van der Waals surface area contributed by atoms with Crippen molar-refractivity contribution >= 4 is 11.8 Å². The highest BCUT2D eigenvalue weighted by Crippen LogP contribution is 2.24. The van der Waals surface area contributed by atoms with E-state index in [2.05, 4.69) is 31.2 Å². The van der Waals surface area contributed by atoms with E-state index in [9.17, 15) is 0 Å². The highest BCUT2D eigenvalue weighted by Gasteiger charge is 2.04. The smallest absolute Gasteiger partial charge is 0.119 e. The highest BCUT2D eigenvalue weighted by atomic mass is 32.2. The first-order chi connectivity index (χ1) is 8.84. The van der Waals surface area contributed by atoms with E-state index in [1.165, 1.54) is 4.90 Å². The van der Waals surface area contributed by atoms with Gasteiger partial charge < -0.3 is 4.74 Å². The van der Waals surface area contributed by atoms with Crippen LogP contribution in [0.1, 0.15) is 6.42 Å². The van der Waals surface area contributed by atoms with Crippen LogP contribution in [0.15, 0.2) is 65.6 Å². The van der Waals surface area contributed by atoms with Crippen LogP contribution < -0.4 is 4.74 Å². The summed E-state index contributed by atoms with van der Waals surface area (Å²) in [7, 11) is 0. The van der Waals surface area contributed by atoms with Gasteiger partial charge in [0, 0.05) is 10.1 Å². The molecule has 93 valence electrons. The van der Waals surface area contributed by atoms with Crippen LogP contribution >= 0.6 is 11.8 Å². The maximum absolute atomic E-state index is 5.66. The molecule has 0 aliphatic rings. The van der Waals surface area contributed by atoms with Crippen LogP contribution in [-0.2, 0) is 0 Å². The number of thioether (sulfide) groups is 1. The summed E-state index contributed by atoms with van der Waals surface area (Å²) >= 11 is 1.79. The summed E-state index contributed by atoms with van der Waals surface area (Å²) in [4.78, 5) is 1.26. The lowest BCUT2D eigenvalue weighted by atomic mass is 10.3. The Kier molecular flexibility index (Phi) is 5.15. The Hall–Kier alpha value is -1.41. The Balaban J connectivity index is 1.71.